The molecule has 0 aliphatic heterocycles. The molecule has 2 rings (SSSR count). The summed E-state index contributed by atoms with van der Waals surface area (Å²) in [4.78, 5) is 7.54. The zero-order chi connectivity index (χ0) is 14.7. The SMILES string of the molecule is Cc1cc(O)nc(NC(=N)Nc2c(F)cccc2F)n1. The molecule has 0 saturated heterocycles. The number of aromatic hydroxyl groups is 1. The fourth-order valence-corrected chi connectivity index (χ4v) is 1.49. The van der Waals surface area contributed by atoms with Gasteiger partial charge in [-0.25, -0.2) is 13.8 Å². The second-order valence-corrected chi connectivity index (χ2v) is 3.91. The van der Waals surface area contributed by atoms with E-state index in [-0.39, 0.29) is 11.8 Å². The summed E-state index contributed by atoms with van der Waals surface area (Å²) in [7, 11) is 0. The Morgan fingerprint density at radius 2 is 1.85 bits per heavy atom. The molecule has 4 N–H and O–H groups in total. The molecule has 0 atom stereocenters. The molecule has 0 aliphatic rings. The third-order valence-corrected chi connectivity index (χ3v) is 2.29. The van der Waals surface area contributed by atoms with E-state index in [0.717, 1.165) is 12.1 Å². The van der Waals surface area contributed by atoms with Gasteiger partial charge in [-0.15, -0.1) is 0 Å². The maximum Gasteiger partial charge on any atom is 0.233 e. The van der Waals surface area contributed by atoms with Crippen LogP contribution in [0.4, 0.5) is 20.4 Å². The average molecular weight is 279 g/mol. The Hall–Kier alpha value is -2.77. The van der Waals surface area contributed by atoms with Gasteiger partial charge in [0.15, 0.2) is 5.96 Å². The minimum Gasteiger partial charge on any atom is -0.493 e. The first-order valence-electron chi connectivity index (χ1n) is 5.57. The van der Waals surface area contributed by atoms with E-state index in [1.54, 1.807) is 6.92 Å². The Kier molecular flexibility index (Phi) is 3.74. The molecule has 2 aromatic rings. The first-order valence-corrected chi connectivity index (χ1v) is 5.57. The minimum atomic E-state index is -0.829. The molecule has 20 heavy (non-hydrogen) atoms. The van der Waals surface area contributed by atoms with Crippen LogP contribution in [-0.2, 0) is 0 Å². The zero-order valence-corrected chi connectivity index (χ0v) is 10.4. The zero-order valence-electron chi connectivity index (χ0n) is 10.4. The molecular formula is C12H11F2N5O. The summed E-state index contributed by atoms with van der Waals surface area (Å²) in [6.45, 7) is 1.63. The second-order valence-electron chi connectivity index (χ2n) is 3.91. The van der Waals surface area contributed by atoms with Crippen molar-refractivity contribution in [3.63, 3.8) is 0 Å². The maximum absolute atomic E-state index is 13.4. The van der Waals surface area contributed by atoms with E-state index in [1.807, 2.05) is 0 Å². The fourth-order valence-electron chi connectivity index (χ4n) is 1.49. The largest absolute Gasteiger partial charge is 0.493 e. The van der Waals surface area contributed by atoms with Crippen LogP contribution in [0.15, 0.2) is 24.3 Å². The highest BCUT2D eigenvalue weighted by Crippen LogP contribution is 2.18. The number of nitrogens with one attached hydrogen (secondary N) is 3. The van der Waals surface area contributed by atoms with E-state index in [0.29, 0.717) is 5.69 Å². The van der Waals surface area contributed by atoms with Gasteiger partial charge in [-0.3, -0.25) is 10.7 Å². The molecule has 1 heterocycles. The molecule has 1 aromatic carbocycles. The first kappa shape index (κ1) is 13.7. The molecule has 8 heteroatoms. The Morgan fingerprint density at radius 1 is 1.20 bits per heavy atom. The van der Waals surface area contributed by atoms with Crippen LogP contribution >= 0.6 is 0 Å². The van der Waals surface area contributed by atoms with E-state index < -0.39 is 23.3 Å². The summed E-state index contributed by atoms with van der Waals surface area (Å²) in [5.74, 6) is -2.42. The number of aryl methyl sites for hydroxylation is 1. The molecule has 1 aromatic heterocycles. The summed E-state index contributed by atoms with van der Waals surface area (Å²) in [6, 6.07) is 4.68. The van der Waals surface area contributed by atoms with Crippen LogP contribution in [0.1, 0.15) is 5.69 Å². The van der Waals surface area contributed by atoms with Crippen molar-refractivity contribution in [3.8, 4) is 5.88 Å². The number of halogens is 2. The molecule has 0 unspecified atom stereocenters. The molecular weight excluding hydrogens is 268 g/mol. The van der Waals surface area contributed by atoms with Crippen LogP contribution in [0.3, 0.4) is 0 Å². The van der Waals surface area contributed by atoms with Gasteiger partial charge in [0.05, 0.1) is 0 Å². The number of hydrogen-bond acceptors (Lipinski definition) is 4. The molecule has 0 fully saturated rings. The minimum absolute atomic E-state index is 0.0586. The van der Waals surface area contributed by atoms with Crippen LogP contribution in [0, 0.1) is 24.0 Å². The number of anilines is 2. The maximum atomic E-state index is 13.4. The predicted molar refractivity (Wildman–Crippen MR) is 69.8 cm³/mol. The van der Waals surface area contributed by atoms with E-state index in [1.165, 1.54) is 12.1 Å². The van der Waals surface area contributed by atoms with Gasteiger partial charge in [-0.05, 0) is 19.1 Å². The third-order valence-electron chi connectivity index (χ3n) is 2.29. The van der Waals surface area contributed by atoms with Crippen LogP contribution in [0.25, 0.3) is 0 Å². The topological polar surface area (TPSA) is 93.9 Å². The van der Waals surface area contributed by atoms with Gasteiger partial charge in [0.25, 0.3) is 0 Å². The molecule has 6 nitrogen and oxygen atoms in total. The van der Waals surface area contributed by atoms with Crippen LogP contribution in [-0.4, -0.2) is 21.0 Å². The first-order chi connectivity index (χ1) is 9.45. The smallest absolute Gasteiger partial charge is 0.233 e. The highest BCUT2D eigenvalue weighted by Gasteiger charge is 2.11. The number of aromatic nitrogens is 2. The Balaban J connectivity index is 2.13. The van der Waals surface area contributed by atoms with E-state index in [4.69, 9.17) is 5.41 Å². The third kappa shape index (κ3) is 3.16. The molecule has 104 valence electrons. The van der Waals surface area contributed by atoms with Crippen molar-refractivity contribution in [2.75, 3.05) is 10.6 Å². The van der Waals surface area contributed by atoms with Gasteiger partial charge in [-0.1, -0.05) is 6.07 Å². The number of rotatable bonds is 2. The van der Waals surface area contributed by atoms with E-state index >= 15 is 0 Å². The average Bonchev–Trinajstić information content (AvgIpc) is 2.32. The summed E-state index contributed by atoms with van der Waals surface area (Å²) in [5.41, 5.74) is 0.0201. The number of nitrogens with zero attached hydrogens (tertiary/aromatic N) is 2. The fraction of sp³-hybridized carbons (Fsp3) is 0.0833. The summed E-state index contributed by atoms with van der Waals surface area (Å²) in [6.07, 6.45) is 0. The summed E-state index contributed by atoms with van der Waals surface area (Å²) >= 11 is 0. The summed E-state index contributed by atoms with van der Waals surface area (Å²) in [5, 5.41) is 21.5. The molecule has 0 amide bonds. The van der Waals surface area contributed by atoms with Gasteiger partial charge in [-0.2, -0.15) is 4.98 Å². The lowest BCUT2D eigenvalue weighted by atomic mass is 10.3. The normalized spacial score (nSPS) is 10.2. The monoisotopic (exact) mass is 279 g/mol. The van der Waals surface area contributed by atoms with Crippen molar-refractivity contribution in [2.24, 2.45) is 0 Å². The molecule has 0 spiro atoms. The number of para-hydroxylation sites is 1. The van der Waals surface area contributed by atoms with E-state index in [9.17, 15) is 13.9 Å². The van der Waals surface area contributed by atoms with Crippen molar-refractivity contribution in [3.05, 3.63) is 41.6 Å². The molecule has 0 radical (unpaired) electrons. The molecule has 0 saturated carbocycles. The van der Waals surface area contributed by atoms with Crippen molar-refractivity contribution >= 4 is 17.6 Å². The number of benzene rings is 1. The standard InChI is InChI=1S/C12H11F2N5O/c1-6-5-9(20)17-12(16-6)19-11(15)18-10-7(13)3-2-4-8(10)14/h2-5H,1H3,(H4,15,16,17,18,19,20). The lowest BCUT2D eigenvalue weighted by Crippen LogP contribution is -2.23. The molecule has 0 bridgehead atoms. The quantitative estimate of drug-likeness (QED) is 0.499. The van der Waals surface area contributed by atoms with Gasteiger partial charge in [0, 0.05) is 11.8 Å². The van der Waals surface area contributed by atoms with Crippen LogP contribution in [0.5, 0.6) is 5.88 Å². The highest BCUT2D eigenvalue weighted by molar-refractivity contribution is 6.00. The van der Waals surface area contributed by atoms with Crippen molar-refractivity contribution < 1.29 is 13.9 Å². The Morgan fingerprint density at radius 3 is 2.45 bits per heavy atom. The lowest BCUT2D eigenvalue weighted by Gasteiger charge is -2.11. The van der Waals surface area contributed by atoms with E-state index in [2.05, 4.69) is 20.6 Å². The highest BCUT2D eigenvalue weighted by atomic mass is 19.1. The van der Waals surface area contributed by atoms with Crippen molar-refractivity contribution in [1.29, 1.82) is 5.41 Å². The second kappa shape index (κ2) is 5.47. The van der Waals surface area contributed by atoms with Gasteiger partial charge >= 0.3 is 0 Å². The lowest BCUT2D eigenvalue weighted by molar-refractivity contribution is 0.452. The molecule has 0 aliphatic carbocycles. The predicted octanol–water partition coefficient (Wildman–Crippen LogP) is 2.23. The van der Waals surface area contributed by atoms with Crippen LogP contribution < -0.4 is 10.6 Å². The number of hydrogen-bond donors (Lipinski definition) is 4. The summed E-state index contributed by atoms with van der Waals surface area (Å²) < 4.78 is 26.8. The van der Waals surface area contributed by atoms with Gasteiger partial charge in [0.1, 0.15) is 17.3 Å². The van der Waals surface area contributed by atoms with Crippen LogP contribution in [0.2, 0.25) is 0 Å². The Bertz CT molecular complexity index is 622. The van der Waals surface area contributed by atoms with Crippen molar-refractivity contribution in [1.82, 2.24) is 9.97 Å². The van der Waals surface area contributed by atoms with Gasteiger partial charge < -0.3 is 10.4 Å². The Labute approximate surface area is 113 Å². The van der Waals surface area contributed by atoms with Crippen molar-refractivity contribution in [2.45, 2.75) is 6.92 Å². The number of guanidine groups is 1. The van der Waals surface area contributed by atoms with Gasteiger partial charge in [0.2, 0.25) is 11.8 Å².